The third kappa shape index (κ3) is 1.88. The van der Waals surface area contributed by atoms with E-state index in [-0.39, 0.29) is 5.91 Å². The molecule has 0 aliphatic carbocycles. The van der Waals surface area contributed by atoms with Crippen molar-refractivity contribution in [1.82, 2.24) is 15.1 Å². The van der Waals surface area contributed by atoms with Gasteiger partial charge in [0.2, 0.25) is 0 Å². The van der Waals surface area contributed by atoms with Crippen LogP contribution in [0.25, 0.3) is 0 Å². The minimum Gasteiger partial charge on any atom is -0.330 e. The molecule has 0 saturated heterocycles. The Kier molecular flexibility index (Phi) is 2.70. The number of H-pyrrole nitrogens is 1. The molecule has 68 valence electrons. The van der Waals surface area contributed by atoms with Crippen LogP contribution in [0, 0.1) is 19.3 Å². The second-order valence-electron chi connectivity index (χ2n) is 2.77. The van der Waals surface area contributed by atoms with Crippen LogP contribution in [0.15, 0.2) is 6.20 Å². The van der Waals surface area contributed by atoms with Crippen molar-refractivity contribution in [3.05, 3.63) is 17.5 Å². The summed E-state index contributed by atoms with van der Waals surface area (Å²) in [5, 5.41) is 6.46. The molecule has 0 aliphatic heterocycles. The van der Waals surface area contributed by atoms with Crippen molar-refractivity contribution in [3.63, 3.8) is 0 Å². The molecule has 1 amide bonds. The first-order chi connectivity index (χ1) is 6.16. The molecule has 0 spiro atoms. The van der Waals surface area contributed by atoms with E-state index in [1.54, 1.807) is 14.0 Å². The highest BCUT2D eigenvalue weighted by Crippen LogP contribution is 2.05. The van der Waals surface area contributed by atoms with Crippen molar-refractivity contribution in [2.75, 3.05) is 13.6 Å². The molecule has 1 aromatic rings. The Hall–Kier alpha value is -1.76. The summed E-state index contributed by atoms with van der Waals surface area (Å²) in [7, 11) is 1.66. The van der Waals surface area contributed by atoms with Gasteiger partial charge in [-0.05, 0) is 6.92 Å². The molecule has 1 heterocycles. The summed E-state index contributed by atoms with van der Waals surface area (Å²) >= 11 is 0. The lowest BCUT2D eigenvalue weighted by atomic mass is 10.2. The summed E-state index contributed by atoms with van der Waals surface area (Å²) in [6, 6.07) is 0. The second kappa shape index (κ2) is 3.76. The molecule has 4 nitrogen and oxygen atoms in total. The summed E-state index contributed by atoms with van der Waals surface area (Å²) in [4.78, 5) is 13.1. The fraction of sp³-hybridized carbons (Fsp3) is 0.333. The predicted molar refractivity (Wildman–Crippen MR) is 49.1 cm³/mol. The molecule has 0 fully saturated rings. The zero-order valence-corrected chi connectivity index (χ0v) is 7.66. The van der Waals surface area contributed by atoms with Gasteiger partial charge in [-0.1, -0.05) is 5.92 Å². The van der Waals surface area contributed by atoms with Crippen LogP contribution in [-0.2, 0) is 0 Å². The van der Waals surface area contributed by atoms with Gasteiger partial charge in [0, 0.05) is 12.7 Å². The largest absolute Gasteiger partial charge is 0.330 e. The van der Waals surface area contributed by atoms with Gasteiger partial charge < -0.3 is 4.90 Å². The number of aromatic amines is 1. The average Bonchev–Trinajstić information content (AvgIpc) is 2.50. The van der Waals surface area contributed by atoms with Crippen molar-refractivity contribution >= 4 is 5.91 Å². The van der Waals surface area contributed by atoms with Gasteiger partial charge in [-0.25, -0.2) is 0 Å². The first-order valence-corrected chi connectivity index (χ1v) is 3.85. The number of amides is 1. The number of carbonyl (C=O) groups excluding carboxylic acids is 1. The lowest BCUT2D eigenvalue weighted by molar-refractivity contribution is 0.0812. The molecule has 0 unspecified atom stereocenters. The molecule has 4 heteroatoms. The molecular weight excluding hydrogens is 166 g/mol. The van der Waals surface area contributed by atoms with Crippen molar-refractivity contribution in [1.29, 1.82) is 0 Å². The highest BCUT2D eigenvalue weighted by molar-refractivity contribution is 5.94. The minimum atomic E-state index is -0.107. The first kappa shape index (κ1) is 9.33. The number of terminal acetylenes is 1. The third-order valence-electron chi connectivity index (χ3n) is 1.74. The maximum atomic E-state index is 11.6. The molecule has 0 bridgehead atoms. The van der Waals surface area contributed by atoms with Crippen molar-refractivity contribution in [2.24, 2.45) is 0 Å². The number of aryl methyl sites for hydroxylation is 1. The SMILES string of the molecule is C#CCN(C)C(=O)c1cn[nH]c1C. The van der Waals surface area contributed by atoms with Crippen LogP contribution in [0.5, 0.6) is 0 Å². The number of rotatable bonds is 2. The maximum Gasteiger partial charge on any atom is 0.257 e. The van der Waals surface area contributed by atoms with Crippen molar-refractivity contribution < 1.29 is 4.79 Å². The van der Waals surface area contributed by atoms with Gasteiger partial charge in [-0.15, -0.1) is 6.42 Å². The minimum absolute atomic E-state index is 0.107. The fourth-order valence-corrected chi connectivity index (χ4v) is 0.981. The topological polar surface area (TPSA) is 49.0 Å². The van der Waals surface area contributed by atoms with Gasteiger partial charge in [-0.3, -0.25) is 9.89 Å². The van der Waals surface area contributed by atoms with E-state index in [0.29, 0.717) is 12.1 Å². The lowest BCUT2D eigenvalue weighted by Gasteiger charge is -2.12. The molecule has 1 aromatic heterocycles. The van der Waals surface area contributed by atoms with Gasteiger partial charge in [-0.2, -0.15) is 5.10 Å². The van der Waals surface area contributed by atoms with E-state index in [0.717, 1.165) is 5.69 Å². The quantitative estimate of drug-likeness (QED) is 0.666. The Morgan fingerprint density at radius 2 is 2.54 bits per heavy atom. The predicted octanol–water partition coefficient (Wildman–Crippen LogP) is 0.423. The van der Waals surface area contributed by atoms with Crippen LogP contribution in [-0.4, -0.2) is 34.6 Å². The maximum absolute atomic E-state index is 11.6. The van der Waals surface area contributed by atoms with E-state index >= 15 is 0 Å². The van der Waals surface area contributed by atoms with Crippen LogP contribution < -0.4 is 0 Å². The van der Waals surface area contributed by atoms with E-state index < -0.39 is 0 Å². The van der Waals surface area contributed by atoms with Crippen molar-refractivity contribution in [3.8, 4) is 12.3 Å². The number of nitrogens with one attached hydrogen (secondary N) is 1. The molecule has 1 N–H and O–H groups in total. The monoisotopic (exact) mass is 177 g/mol. The summed E-state index contributed by atoms with van der Waals surface area (Å²) in [5.74, 6) is 2.30. The van der Waals surface area contributed by atoms with E-state index in [1.807, 2.05) is 0 Å². The van der Waals surface area contributed by atoms with Gasteiger partial charge in [0.15, 0.2) is 0 Å². The molecule has 0 saturated carbocycles. The third-order valence-corrected chi connectivity index (χ3v) is 1.74. The van der Waals surface area contributed by atoms with Crippen LogP contribution in [0.3, 0.4) is 0 Å². The van der Waals surface area contributed by atoms with Crippen LogP contribution >= 0.6 is 0 Å². The summed E-state index contributed by atoms with van der Waals surface area (Å²) in [5.41, 5.74) is 1.33. The Bertz CT molecular complexity index is 348. The van der Waals surface area contributed by atoms with Gasteiger partial charge in [0.05, 0.1) is 18.3 Å². The highest BCUT2D eigenvalue weighted by Gasteiger charge is 2.14. The molecule has 0 aliphatic rings. The number of hydrogen-bond acceptors (Lipinski definition) is 2. The molecule has 1 rings (SSSR count). The van der Waals surface area contributed by atoms with E-state index in [4.69, 9.17) is 6.42 Å². The number of aromatic nitrogens is 2. The van der Waals surface area contributed by atoms with Gasteiger partial charge >= 0.3 is 0 Å². The van der Waals surface area contributed by atoms with Crippen LogP contribution in [0.4, 0.5) is 0 Å². The molecule has 0 atom stereocenters. The zero-order chi connectivity index (χ0) is 9.84. The lowest BCUT2D eigenvalue weighted by Crippen LogP contribution is -2.27. The number of carbonyl (C=O) groups is 1. The van der Waals surface area contributed by atoms with E-state index in [2.05, 4.69) is 16.1 Å². The van der Waals surface area contributed by atoms with Crippen LogP contribution in [0.2, 0.25) is 0 Å². The zero-order valence-electron chi connectivity index (χ0n) is 7.66. The fourth-order valence-electron chi connectivity index (χ4n) is 0.981. The van der Waals surface area contributed by atoms with E-state index in [1.165, 1.54) is 11.1 Å². The molecule has 0 radical (unpaired) electrons. The summed E-state index contributed by atoms with van der Waals surface area (Å²) in [6.45, 7) is 2.10. The Balaban J connectivity index is 2.81. The number of nitrogens with zero attached hydrogens (tertiary/aromatic N) is 2. The summed E-state index contributed by atoms with van der Waals surface area (Å²) < 4.78 is 0. The Morgan fingerprint density at radius 3 is 3.00 bits per heavy atom. The van der Waals surface area contributed by atoms with Gasteiger partial charge in [0.1, 0.15) is 0 Å². The van der Waals surface area contributed by atoms with Crippen molar-refractivity contribution in [2.45, 2.75) is 6.92 Å². The number of hydrogen-bond donors (Lipinski definition) is 1. The summed E-state index contributed by atoms with van der Waals surface area (Å²) in [6.07, 6.45) is 6.60. The standard InChI is InChI=1S/C9H11N3O/c1-4-5-12(3)9(13)8-6-10-11-7(8)2/h1,6H,5H2,2-3H3,(H,10,11). The van der Waals surface area contributed by atoms with Crippen LogP contribution in [0.1, 0.15) is 16.1 Å². The molecule has 13 heavy (non-hydrogen) atoms. The molecular formula is C9H11N3O. The van der Waals surface area contributed by atoms with Gasteiger partial charge in [0.25, 0.3) is 5.91 Å². The highest BCUT2D eigenvalue weighted by atomic mass is 16.2. The van der Waals surface area contributed by atoms with E-state index in [9.17, 15) is 4.79 Å². The normalized spacial score (nSPS) is 9.31. The Morgan fingerprint density at radius 1 is 1.85 bits per heavy atom. The second-order valence-corrected chi connectivity index (χ2v) is 2.77. The molecule has 0 aromatic carbocycles. The smallest absolute Gasteiger partial charge is 0.257 e. The first-order valence-electron chi connectivity index (χ1n) is 3.85. The Labute approximate surface area is 76.9 Å². The average molecular weight is 177 g/mol.